The van der Waals surface area contributed by atoms with Crippen molar-refractivity contribution < 1.29 is 28.3 Å². The molecule has 0 spiro atoms. The van der Waals surface area contributed by atoms with E-state index in [-0.39, 0.29) is 29.9 Å². The van der Waals surface area contributed by atoms with Gasteiger partial charge in [-0.05, 0) is 49.2 Å². The minimum absolute atomic E-state index is 0.00957. The summed E-state index contributed by atoms with van der Waals surface area (Å²) in [6.45, 7) is 3.83. The second kappa shape index (κ2) is 9.04. The van der Waals surface area contributed by atoms with Crippen LogP contribution in [0, 0.1) is 0 Å². The number of amides is 3. The zero-order valence-electron chi connectivity index (χ0n) is 16.7. The fourth-order valence-corrected chi connectivity index (χ4v) is 2.95. The molecule has 3 amide bonds. The molecule has 1 aliphatic heterocycles. The van der Waals surface area contributed by atoms with Gasteiger partial charge in [-0.3, -0.25) is 9.69 Å². The summed E-state index contributed by atoms with van der Waals surface area (Å²) in [5.74, 6) is -0.348. The third kappa shape index (κ3) is 4.65. The molecule has 0 aliphatic carbocycles. The molecule has 0 radical (unpaired) electrons. The molecule has 2 heterocycles. The van der Waals surface area contributed by atoms with Gasteiger partial charge in [0.25, 0.3) is 5.91 Å². The van der Waals surface area contributed by atoms with Crippen LogP contribution in [-0.2, 0) is 16.1 Å². The quantitative estimate of drug-likeness (QED) is 0.403. The topological polar surface area (TPSA) is 98.1 Å². The van der Waals surface area contributed by atoms with Gasteiger partial charge < -0.3 is 19.2 Å². The third-order valence-corrected chi connectivity index (χ3v) is 4.79. The Morgan fingerprint density at radius 2 is 2.07 bits per heavy atom. The predicted molar refractivity (Wildman–Crippen MR) is 109 cm³/mol. The smallest absolute Gasteiger partial charge is 0.373 e. The van der Waals surface area contributed by atoms with E-state index in [9.17, 15) is 14.4 Å². The molecule has 8 nitrogen and oxygen atoms in total. The molecule has 0 unspecified atom stereocenters. The van der Waals surface area contributed by atoms with E-state index in [0.29, 0.717) is 16.3 Å². The highest BCUT2D eigenvalue weighted by atomic mass is 35.5. The maximum atomic E-state index is 12.6. The van der Waals surface area contributed by atoms with Crippen molar-refractivity contribution in [2.45, 2.75) is 32.9 Å². The molecule has 9 heteroatoms. The van der Waals surface area contributed by atoms with Crippen molar-refractivity contribution in [1.82, 2.24) is 10.2 Å². The van der Waals surface area contributed by atoms with Crippen molar-refractivity contribution in [2.75, 3.05) is 7.11 Å². The van der Waals surface area contributed by atoms with E-state index < -0.39 is 17.9 Å². The summed E-state index contributed by atoms with van der Waals surface area (Å²) in [5, 5.41) is 2.94. The summed E-state index contributed by atoms with van der Waals surface area (Å²) >= 11 is 6.27. The van der Waals surface area contributed by atoms with Crippen molar-refractivity contribution in [3.8, 4) is 5.75 Å². The molecule has 1 aromatic heterocycles. The standard InChI is InChI=1S/C21H21ClN2O6/c1-4-12(2)29-17-7-5-13(9-15(17)22)10-16-19(25)24(21(27)23-16)11-14-6-8-18(30-14)20(26)28-3/h5-10,12H,4,11H2,1-3H3,(H,23,27)/b16-10-/t12-/m1/s1. The summed E-state index contributed by atoms with van der Waals surface area (Å²) in [6, 6.07) is 7.45. The predicted octanol–water partition coefficient (Wildman–Crippen LogP) is 3.99. The Morgan fingerprint density at radius 1 is 1.30 bits per heavy atom. The summed E-state index contributed by atoms with van der Waals surface area (Å²) in [6.07, 6.45) is 2.40. The molecule has 1 fully saturated rings. The molecule has 158 valence electrons. The first-order chi connectivity index (χ1) is 14.3. The number of carbonyl (C=O) groups excluding carboxylic acids is 3. The van der Waals surface area contributed by atoms with Crippen molar-refractivity contribution >= 4 is 35.6 Å². The molecule has 0 bridgehead atoms. The highest BCUT2D eigenvalue weighted by Crippen LogP contribution is 2.28. The van der Waals surface area contributed by atoms with Crippen LogP contribution in [-0.4, -0.2) is 36.0 Å². The Bertz CT molecular complexity index is 1010. The largest absolute Gasteiger partial charge is 0.489 e. The number of imide groups is 1. The number of benzene rings is 1. The van der Waals surface area contributed by atoms with Crippen LogP contribution < -0.4 is 10.1 Å². The van der Waals surface area contributed by atoms with Crippen molar-refractivity contribution in [1.29, 1.82) is 0 Å². The second-order valence-electron chi connectivity index (χ2n) is 6.66. The number of urea groups is 1. The molecular weight excluding hydrogens is 412 g/mol. The maximum absolute atomic E-state index is 12.6. The van der Waals surface area contributed by atoms with E-state index in [2.05, 4.69) is 10.1 Å². The van der Waals surface area contributed by atoms with Crippen molar-refractivity contribution in [3.05, 3.63) is 58.1 Å². The number of carbonyl (C=O) groups is 3. The molecule has 1 saturated heterocycles. The number of nitrogens with one attached hydrogen (secondary N) is 1. The minimum Gasteiger partial charge on any atom is -0.489 e. The zero-order valence-corrected chi connectivity index (χ0v) is 17.5. The van der Waals surface area contributed by atoms with Crippen LogP contribution in [0.4, 0.5) is 4.79 Å². The first-order valence-electron chi connectivity index (χ1n) is 9.30. The van der Waals surface area contributed by atoms with Gasteiger partial charge in [-0.15, -0.1) is 0 Å². The van der Waals surface area contributed by atoms with Crippen LogP contribution in [0.5, 0.6) is 5.75 Å². The Balaban J connectivity index is 1.74. The van der Waals surface area contributed by atoms with Crippen molar-refractivity contribution in [2.24, 2.45) is 0 Å². The summed E-state index contributed by atoms with van der Waals surface area (Å²) < 4.78 is 15.6. The number of esters is 1. The Labute approximate surface area is 178 Å². The van der Waals surface area contributed by atoms with Gasteiger partial charge in [0.2, 0.25) is 5.76 Å². The number of nitrogens with zero attached hydrogens (tertiary/aromatic N) is 1. The van der Waals surface area contributed by atoms with Gasteiger partial charge in [0, 0.05) is 0 Å². The first kappa shape index (κ1) is 21.4. The molecule has 2 aromatic rings. The number of ether oxygens (including phenoxy) is 2. The lowest BCUT2D eigenvalue weighted by Crippen LogP contribution is -2.30. The van der Waals surface area contributed by atoms with Crippen LogP contribution in [0.3, 0.4) is 0 Å². The molecule has 1 N–H and O–H groups in total. The van der Waals surface area contributed by atoms with Gasteiger partial charge in [-0.1, -0.05) is 24.6 Å². The Morgan fingerprint density at radius 3 is 2.73 bits per heavy atom. The number of rotatable bonds is 7. The molecule has 1 aromatic carbocycles. The van der Waals surface area contributed by atoms with Gasteiger partial charge in [0.1, 0.15) is 17.2 Å². The summed E-state index contributed by atoms with van der Waals surface area (Å²) in [4.78, 5) is 37.3. The fraction of sp³-hybridized carbons (Fsp3) is 0.286. The average molecular weight is 433 g/mol. The number of hydrogen-bond donors (Lipinski definition) is 1. The average Bonchev–Trinajstić information content (AvgIpc) is 3.30. The monoisotopic (exact) mass is 432 g/mol. The van der Waals surface area contributed by atoms with Gasteiger partial charge in [-0.25, -0.2) is 9.59 Å². The van der Waals surface area contributed by atoms with Crippen LogP contribution in [0.1, 0.15) is 42.1 Å². The lowest BCUT2D eigenvalue weighted by atomic mass is 10.1. The molecule has 30 heavy (non-hydrogen) atoms. The van der Waals surface area contributed by atoms with Crippen LogP contribution in [0.2, 0.25) is 5.02 Å². The summed E-state index contributed by atoms with van der Waals surface area (Å²) in [5.41, 5.74) is 0.736. The third-order valence-electron chi connectivity index (χ3n) is 4.49. The van der Waals surface area contributed by atoms with Crippen LogP contribution in [0.25, 0.3) is 6.08 Å². The number of furan rings is 1. The Kier molecular flexibility index (Phi) is 6.47. The highest BCUT2D eigenvalue weighted by molar-refractivity contribution is 6.32. The van der Waals surface area contributed by atoms with Crippen LogP contribution >= 0.6 is 11.6 Å². The first-order valence-corrected chi connectivity index (χ1v) is 9.68. The van der Waals surface area contributed by atoms with E-state index in [1.54, 1.807) is 18.2 Å². The van der Waals surface area contributed by atoms with Gasteiger partial charge in [0.15, 0.2) is 0 Å². The molecular formula is C21H21ClN2O6. The van der Waals surface area contributed by atoms with E-state index in [1.165, 1.54) is 25.3 Å². The molecule has 0 saturated carbocycles. The number of methoxy groups -OCH3 is 1. The SMILES string of the molecule is CC[C@@H](C)Oc1ccc(/C=C2\NC(=O)N(Cc3ccc(C(=O)OC)o3)C2=O)cc1Cl. The molecule has 1 aliphatic rings. The minimum atomic E-state index is -0.642. The fourth-order valence-electron chi connectivity index (χ4n) is 2.71. The van der Waals surface area contributed by atoms with Crippen molar-refractivity contribution in [3.63, 3.8) is 0 Å². The van der Waals surface area contributed by atoms with E-state index in [1.807, 2.05) is 13.8 Å². The normalized spacial score (nSPS) is 16.0. The van der Waals surface area contributed by atoms with Crippen LogP contribution in [0.15, 0.2) is 40.4 Å². The van der Waals surface area contributed by atoms with Gasteiger partial charge in [0.05, 0.1) is 24.8 Å². The molecule has 1 atom stereocenters. The van der Waals surface area contributed by atoms with E-state index >= 15 is 0 Å². The van der Waals surface area contributed by atoms with E-state index in [4.69, 9.17) is 20.8 Å². The number of hydrogen-bond acceptors (Lipinski definition) is 6. The second-order valence-corrected chi connectivity index (χ2v) is 7.07. The summed E-state index contributed by atoms with van der Waals surface area (Å²) in [7, 11) is 1.23. The maximum Gasteiger partial charge on any atom is 0.373 e. The lowest BCUT2D eigenvalue weighted by Gasteiger charge is -2.14. The Hall–Kier alpha value is -3.26. The van der Waals surface area contributed by atoms with E-state index in [0.717, 1.165) is 11.3 Å². The lowest BCUT2D eigenvalue weighted by molar-refractivity contribution is -0.123. The van der Waals surface area contributed by atoms with Gasteiger partial charge >= 0.3 is 12.0 Å². The highest BCUT2D eigenvalue weighted by Gasteiger charge is 2.34. The van der Waals surface area contributed by atoms with Gasteiger partial charge in [-0.2, -0.15) is 0 Å². The zero-order chi connectivity index (χ0) is 21.8. The molecule has 3 rings (SSSR count). The number of halogens is 1.